The van der Waals surface area contributed by atoms with Gasteiger partial charge in [-0.3, -0.25) is 4.79 Å². The Kier molecular flexibility index (Phi) is 3.57. The van der Waals surface area contributed by atoms with Crippen molar-refractivity contribution >= 4 is 16.9 Å². The van der Waals surface area contributed by atoms with E-state index in [0.29, 0.717) is 16.7 Å². The van der Waals surface area contributed by atoms with Gasteiger partial charge in [0, 0.05) is 16.7 Å². The van der Waals surface area contributed by atoms with Crippen molar-refractivity contribution in [1.29, 1.82) is 0 Å². The summed E-state index contributed by atoms with van der Waals surface area (Å²) in [7, 11) is 0. The Morgan fingerprint density at radius 3 is 1.72 bits per heavy atom. The van der Waals surface area contributed by atoms with Gasteiger partial charge in [0.2, 0.25) is 0 Å². The summed E-state index contributed by atoms with van der Waals surface area (Å²) in [6, 6.07) is 17.6. The molecule has 0 aromatic heterocycles. The highest BCUT2D eigenvalue weighted by atomic mass is 19.1. The molecule has 1 aliphatic carbocycles. The highest BCUT2D eigenvalue weighted by molar-refractivity contribution is 6.41. The van der Waals surface area contributed by atoms with Crippen LogP contribution in [0.5, 0.6) is 0 Å². The van der Waals surface area contributed by atoms with Gasteiger partial charge in [-0.15, -0.1) is 0 Å². The van der Waals surface area contributed by atoms with Crippen LogP contribution < -0.4 is 0 Å². The first-order valence-corrected chi connectivity index (χ1v) is 7.96. The molecular formula is C22H14F2O. The second-order valence-electron chi connectivity index (χ2n) is 6.14. The number of halogens is 2. The Bertz CT molecular complexity index is 1010. The molecule has 0 amide bonds. The number of hydrogen-bond acceptors (Lipinski definition) is 1. The molecule has 25 heavy (non-hydrogen) atoms. The molecule has 0 atom stereocenters. The molecule has 1 nitrogen and oxygen atoms in total. The summed E-state index contributed by atoms with van der Waals surface area (Å²) < 4.78 is 26.7. The maximum absolute atomic E-state index is 13.4. The van der Waals surface area contributed by atoms with Crippen LogP contribution in [0.25, 0.3) is 11.1 Å². The van der Waals surface area contributed by atoms with Crippen LogP contribution in [0.1, 0.15) is 32.6 Å². The first kappa shape index (κ1) is 15.5. The molecule has 0 saturated heterocycles. The number of carbonyl (C=O) groups is 1. The average Bonchev–Trinajstić information content (AvgIpc) is 2.88. The van der Waals surface area contributed by atoms with Crippen LogP contribution in [0.2, 0.25) is 0 Å². The Morgan fingerprint density at radius 2 is 1.16 bits per heavy atom. The fourth-order valence-corrected chi connectivity index (χ4v) is 3.25. The molecule has 122 valence electrons. The molecular weight excluding hydrogens is 318 g/mol. The van der Waals surface area contributed by atoms with Gasteiger partial charge in [-0.05, 0) is 47.9 Å². The van der Waals surface area contributed by atoms with Gasteiger partial charge in [-0.2, -0.15) is 0 Å². The zero-order chi connectivity index (χ0) is 17.6. The van der Waals surface area contributed by atoms with E-state index >= 15 is 0 Å². The van der Waals surface area contributed by atoms with Crippen molar-refractivity contribution in [3.8, 4) is 0 Å². The van der Waals surface area contributed by atoms with Gasteiger partial charge < -0.3 is 0 Å². The number of carbonyl (C=O) groups excluding carboxylic acids is 1. The van der Waals surface area contributed by atoms with Crippen molar-refractivity contribution in [3.63, 3.8) is 0 Å². The number of Topliss-reactive ketones (excluding diaryl/α,β-unsaturated/α-hetero) is 1. The third-order valence-electron chi connectivity index (χ3n) is 4.43. The molecule has 0 fully saturated rings. The zero-order valence-corrected chi connectivity index (χ0v) is 13.5. The van der Waals surface area contributed by atoms with Crippen LogP contribution in [-0.4, -0.2) is 5.78 Å². The smallest absolute Gasteiger partial charge is 0.194 e. The number of aryl methyl sites for hydroxylation is 1. The maximum atomic E-state index is 13.4. The number of hydrogen-bond donors (Lipinski definition) is 0. The number of rotatable bonds is 2. The summed E-state index contributed by atoms with van der Waals surface area (Å²) in [6.07, 6.45) is 0. The fraction of sp³-hybridized carbons (Fsp3) is 0.0455. The van der Waals surface area contributed by atoms with E-state index in [1.807, 2.05) is 25.1 Å². The molecule has 3 aromatic carbocycles. The van der Waals surface area contributed by atoms with Crippen molar-refractivity contribution in [2.75, 3.05) is 0 Å². The van der Waals surface area contributed by atoms with Crippen molar-refractivity contribution in [2.24, 2.45) is 0 Å². The van der Waals surface area contributed by atoms with Crippen LogP contribution in [-0.2, 0) is 0 Å². The maximum Gasteiger partial charge on any atom is 0.194 e. The summed E-state index contributed by atoms with van der Waals surface area (Å²) in [6.45, 7) is 1.96. The van der Waals surface area contributed by atoms with E-state index in [1.165, 1.54) is 24.3 Å². The summed E-state index contributed by atoms with van der Waals surface area (Å²) in [4.78, 5) is 13.0. The molecule has 4 rings (SSSR count). The first-order valence-electron chi connectivity index (χ1n) is 7.96. The van der Waals surface area contributed by atoms with Crippen molar-refractivity contribution in [1.82, 2.24) is 0 Å². The predicted molar refractivity (Wildman–Crippen MR) is 94.2 cm³/mol. The number of allylic oxidation sites excluding steroid dienone is 1. The summed E-state index contributed by atoms with van der Waals surface area (Å²) in [5, 5.41) is 0. The number of fused-ring (bicyclic) bond motifs is 1. The second kappa shape index (κ2) is 5.78. The molecule has 0 unspecified atom stereocenters. The fourth-order valence-electron chi connectivity index (χ4n) is 3.25. The van der Waals surface area contributed by atoms with Crippen LogP contribution in [0, 0.1) is 18.6 Å². The largest absolute Gasteiger partial charge is 0.289 e. The van der Waals surface area contributed by atoms with E-state index in [4.69, 9.17) is 0 Å². The molecule has 0 saturated carbocycles. The molecule has 0 spiro atoms. The number of benzene rings is 3. The van der Waals surface area contributed by atoms with Gasteiger partial charge in [0.25, 0.3) is 0 Å². The molecule has 3 heteroatoms. The molecule has 0 bridgehead atoms. The van der Waals surface area contributed by atoms with Gasteiger partial charge in [-0.25, -0.2) is 8.78 Å². The lowest BCUT2D eigenvalue weighted by Gasteiger charge is -2.09. The molecule has 3 aromatic rings. The van der Waals surface area contributed by atoms with Gasteiger partial charge in [0.05, 0.1) is 0 Å². The van der Waals surface area contributed by atoms with Crippen molar-refractivity contribution in [2.45, 2.75) is 6.92 Å². The van der Waals surface area contributed by atoms with E-state index < -0.39 is 0 Å². The predicted octanol–water partition coefficient (Wildman–Crippen LogP) is 5.43. The van der Waals surface area contributed by atoms with E-state index in [-0.39, 0.29) is 17.4 Å². The molecule has 1 aliphatic rings. The Morgan fingerprint density at radius 1 is 0.640 bits per heavy atom. The van der Waals surface area contributed by atoms with Crippen LogP contribution in [0.3, 0.4) is 0 Å². The molecule has 0 heterocycles. The van der Waals surface area contributed by atoms with Crippen LogP contribution in [0.15, 0.2) is 66.7 Å². The monoisotopic (exact) mass is 332 g/mol. The minimum atomic E-state index is -0.355. The quantitative estimate of drug-likeness (QED) is 0.612. The Balaban J connectivity index is 2.02. The third kappa shape index (κ3) is 2.58. The van der Waals surface area contributed by atoms with Crippen LogP contribution in [0.4, 0.5) is 8.78 Å². The molecule has 0 N–H and O–H groups in total. The van der Waals surface area contributed by atoms with Crippen molar-refractivity contribution < 1.29 is 13.6 Å². The van der Waals surface area contributed by atoms with E-state index in [9.17, 15) is 13.6 Å². The van der Waals surface area contributed by atoms with Gasteiger partial charge in [0.15, 0.2) is 5.78 Å². The highest BCUT2D eigenvalue weighted by Gasteiger charge is 2.31. The van der Waals surface area contributed by atoms with Crippen LogP contribution >= 0.6 is 0 Å². The normalized spacial score (nSPS) is 13.3. The Labute approximate surface area is 144 Å². The summed E-state index contributed by atoms with van der Waals surface area (Å²) >= 11 is 0. The highest BCUT2D eigenvalue weighted by Crippen LogP contribution is 2.42. The van der Waals surface area contributed by atoms with Crippen molar-refractivity contribution in [3.05, 3.63) is 106 Å². The number of ketones is 1. The molecule has 0 radical (unpaired) electrons. The van der Waals surface area contributed by atoms with E-state index in [1.54, 1.807) is 24.3 Å². The van der Waals surface area contributed by atoms with E-state index in [2.05, 4.69) is 0 Å². The lowest BCUT2D eigenvalue weighted by Crippen LogP contribution is -1.98. The SMILES string of the molecule is Cc1ccc2c(c1)C(c1ccc(F)cc1)=C(c1ccc(F)cc1)C2=O. The lowest BCUT2D eigenvalue weighted by molar-refractivity contribution is 0.105. The minimum absolute atomic E-state index is 0.0964. The minimum Gasteiger partial charge on any atom is -0.289 e. The molecule has 0 aliphatic heterocycles. The average molecular weight is 332 g/mol. The lowest BCUT2D eigenvalue weighted by atomic mass is 9.94. The first-order chi connectivity index (χ1) is 12.0. The van der Waals surface area contributed by atoms with Gasteiger partial charge in [0.1, 0.15) is 11.6 Å². The summed E-state index contributed by atoms with van der Waals surface area (Å²) in [5.41, 5.74) is 5.17. The second-order valence-corrected chi connectivity index (χ2v) is 6.14. The van der Waals surface area contributed by atoms with Gasteiger partial charge >= 0.3 is 0 Å². The van der Waals surface area contributed by atoms with E-state index in [0.717, 1.165) is 22.3 Å². The standard InChI is InChI=1S/C22H14F2O/c1-13-2-11-18-19(12-13)20(14-3-7-16(23)8-4-14)21(22(18)25)15-5-9-17(24)10-6-15/h2-12H,1H3. The summed E-state index contributed by atoms with van der Waals surface area (Å²) in [5.74, 6) is -0.783. The zero-order valence-electron chi connectivity index (χ0n) is 13.5. The third-order valence-corrected chi connectivity index (χ3v) is 4.43. The van der Waals surface area contributed by atoms with Gasteiger partial charge in [-0.1, -0.05) is 48.0 Å². The Hall–Kier alpha value is -3.07. The topological polar surface area (TPSA) is 17.1 Å².